The molecule has 1 aromatic carbocycles. The van der Waals surface area contributed by atoms with Gasteiger partial charge in [-0.15, -0.1) is 0 Å². The van der Waals surface area contributed by atoms with Crippen molar-refractivity contribution in [2.24, 2.45) is 7.05 Å². The molecule has 0 saturated heterocycles. The molecular weight excluding hydrogens is 314 g/mol. The van der Waals surface area contributed by atoms with Gasteiger partial charge in [0.1, 0.15) is 5.60 Å². The Balaban J connectivity index is 1.91. The number of aromatic nitrogens is 1. The van der Waals surface area contributed by atoms with Gasteiger partial charge in [-0.05, 0) is 46.2 Å². The van der Waals surface area contributed by atoms with E-state index in [1.54, 1.807) is 4.90 Å². The van der Waals surface area contributed by atoms with Gasteiger partial charge in [0.05, 0.1) is 0 Å². The number of benzene rings is 1. The Kier molecular flexibility index (Phi) is 6.11. The van der Waals surface area contributed by atoms with Crippen molar-refractivity contribution < 1.29 is 9.53 Å². The Labute approximate surface area is 150 Å². The molecule has 0 fully saturated rings. The molecule has 0 radical (unpaired) electrons. The number of amides is 1. The number of carbonyl (C=O) groups is 1. The maximum atomic E-state index is 12.2. The van der Waals surface area contributed by atoms with Gasteiger partial charge in [0.15, 0.2) is 0 Å². The molecule has 5 heteroatoms. The van der Waals surface area contributed by atoms with E-state index in [9.17, 15) is 4.79 Å². The second-order valence-electron chi connectivity index (χ2n) is 7.38. The number of likely N-dealkylation sites (N-methyl/N-ethyl adjacent to an activating group) is 1. The van der Waals surface area contributed by atoms with E-state index >= 15 is 0 Å². The van der Waals surface area contributed by atoms with Crippen LogP contribution in [0, 0.1) is 6.92 Å². The van der Waals surface area contributed by atoms with Crippen LogP contribution in [0.1, 0.15) is 39.0 Å². The zero-order valence-corrected chi connectivity index (χ0v) is 16.3. The van der Waals surface area contributed by atoms with E-state index < -0.39 is 5.60 Å². The van der Waals surface area contributed by atoms with Crippen molar-refractivity contribution in [2.45, 2.75) is 46.8 Å². The third kappa shape index (κ3) is 4.75. The summed E-state index contributed by atoms with van der Waals surface area (Å²) in [7, 11) is 2.10. The fourth-order valence-electron chi connectivity index (χ4n) is 3.01. The summed E-state index contributed by atoms with van der Waals surface area (Å²) in [5.74, 6) is 0. The summed E-state index contributed by atoms with van der Waals surface area (Å²) in [6.07, 6.45) is -0.252. The molecule has 1 N–H and O–H groups in total. The fraction of sp³-hybridized carbons (Fsp3) is 0.550. The fourth-order valence-corrected chi connectivity index (χ4v) is 3.01. The van der Waals surface area contributed by atoms with E-state index in [0.29, 0.717) is 13.1 Å². The lowest BCUT2D eigenvalue weighted by Gasteiger charge is -2.26. The SMILES string of the molecule is CCN(CCNCc1c(C)c2ccccc2n1C)C(=O)OC(C)(C)C. The van der Waals surface area contributed by atoms with Crippen LogP contribution in [0.25, 0.3) is 10.9 Å². The average Bonchev–Trinajstić information content (AvgIpc) is 2.78. The zero-order chi connectivity index (χ0) is 18.6. The monoisotopic (exact) mass is 345 g/mol. The van der Waals surface area contributed by atoms with Gasteiger partial charge in [0.25, 0.3) is 0 Å². The minimum atomic E-state index is -0.460. The number of rotatable bonds is 6. The summed E-state index contributed by atoms with van der Waals surface area (Å²) in [4.78, 5) is 13.9. The highest BCUT2D eigenvalue weighted by atomic mass is 16.6. The Morgan fingerprint density at radius 3 is 2.56 bits per heavy atom. The van der Waals surface area contributed by atoms with E-state index in [0.717, 1.165) is 13.1 Å². The van der Waals surface area contributed by atoms with Crippen molar-refractivity contribution in [1.29, 1.82) is 0 Å². The first-order valence-electron chi connectivity index (χ1n) is 8.96. The number of aryl methyl sites for hydroxylation is 2. The Morgan fingerprint density at radius 1 is 1.28 bits per heavy atom. The van der Waals surface area contributed by atoms with Crippen molar-refractivity contribution in [3.05, 3.63) is 35.5 Å². The van der Waals surface area contributed by atoms with Gasteiger partial charge in [0.2, 0.25) is 0 Å². The normalized spacial score (nSPS) is 11.8. The van der Waals surface area contributed by atoms with Crippen LogP contribution in [0.4, 0.5) is 4.79 Å². The second-order valence-corrected chi connectivity index (χ2v) is 7.38. The first kappa shape index (κ1) is 19.3. The van der Waals surface area contributed by atoms with E-state index in [1.807, 2.05) is 27.7 Å². The zero-order valence-electron chi connectivity index (χ0n) is 16.3. The molecule has 5 nitrogen and oxygen atoms in total. The molecule has 0 aliphatic heterocycles. The highest BCUT2D eigenvalue weighted by Crippen LogP contribution is 2.24. The van der Waals surface area contributed by atoms with E-state index in [4.69, 9.17) is 4.74 Å². The van der Waals surface area contributed by atoms with Crippen molar-refractivity contribution >= 4 is 17.0 Å². The first-order valence-corrected chi connectivity index (χ1v) is 8.96. The highest BCUT2D eigenvalue weighted by molar-refractivity contribution is 5.85. The summed E-state index contributed by atoms with van der Waals surface area (Å²) in [6, 6.07) is 8.45. The van der Waals surface area contributed by atoms with Crippen LogP contribution in [-0.2, 0) is 18.3 Å². The van der Waals surface area contributed by atoms with Gasteiger partial charge in [-0.2, -0.15) is 0 Å². The van der Waals surface area contributed by atoms with E-state index in [1.165, 1.54) is 22.2 Å². The third-order valence-electron chi connectivity index (χ3n) is 4.39. The molecule has 0 spiro atoms. The number of hydrogen-bond donors (Lipinski definition) is 1. The molecule has 1 heterocycles. The molecule has 0 bridgehead atoms. The number of nitrogens with one attached hydrogen (secondary N) is 1. The predicted octanol–water partition coefficient (Wildman–Crippen LogP) is 3.83. The van der Waals surface area contributed by atoms with Crippen LogP contribution >= 0.6 is 0 Å². The number of fused-ring (bicyclic) bond motifs is 1. The average molecular weight is 345 g/mol. The van der Waals surface area contributed by atoms with Crippen molar-refractivity contribution in [2.75, 3.05) is 19.6 Å². The van der Waals surface area contributed by atoms with Gasteiger partial charge in [-0.25, -0.2) is 4.79 Å². The summed E-state index contributed by atoms with van der Waals surface area (Å²) in [5.41, 5.74) is 3.38. The smallest absolute Gasteiger partial charge is 0.410 e. The standard InChI is InChI=1S/C20H31N3O2/c1-7-23(19(24)25-20(3,4)5)13-12-21-14-18-15(2)16-10-8-9-11-17(16)22(18)6/h8-11,21H,7,12-14H2,1-6H3. The van der Waals surface area contributed by atoms with Crippen LogP contribution in [0.3, 0.4) is 0 Å². The van der Waals surface area contributed by atoms with Gasteiger partial charge < -0.3 is 19.5 Å². The van der Waals surface area contributed by atoms with Crippen molar-refractivity contribution in [3.8, 4) is 0 Å². The van der Waals surface area contributed by atoms with Crippen LogP contribution in [0.5, 0.6) is 0 Å². The van der Waals surface area contributed by atoms with Crippen LogP contribution in [-0.4, -0.2) is 40.8 Å². The number of hydrogen-bond acceptors (Lipinski definition) is 3. The summed E-state index contributed by atoms with van der Waals surface area (Å²) in [6.45, 7) is 12.6. The molecule has 2 rings (SSSR count). The molecular formula is C20H31N3O2. The number of ether oxygens (including phenoxy) is 1. The molecule has 2 aromatic rings. The van der Waals surface area contributed by atoms with E-state index in [-0.39, 0.29) is 6.09 Å². The molecule has 0 aliphatic carbocycles. The molecule has 0 aliphatic rings. The molecule has 138 valence electrons. The quantitative estimate of drug-likeness (QED) is 0.809. The predicted molar refractivity (Wildman–Crippen MR) is 103 cm³/mol. The first-order chi connectivity index (χ1) is 11.7. The summed E-state index contributed by atoms with van der Waals surface area (Å²) >= 11 is 0. The topological polar surface area (TPSA) is 46.5 Å². The molecule has 25 heavy (non-hydrogen) atoms. The van der Waals surface area contributed by atoms with Crippen LogP contribution < -0.4 is 5.32 Å². The molecule has 0 atom stereocenters. The largest absolute Gasteiger partial charge is 0.444 e. The van der Waals surface area contributed by atoms with E-state index in [2.05, 4.69) is 48.1 Å². The van der Waals surface area contributed by atoms with Crippen LogP contribution in [0.15, 0.2) is 24.3 Å². The minimum absolute atomic E-state index is 0.252. The lowest BCUT2D eigenvalue weighted by atomic mass is 10.1. The van der Waals surface area contributed by atoms with Crippen LogP contribution in [0.2, 0.25) is 0 Å². The Hall–Kier alpha value is -2.01. The Morgan fingerprint density at radius 2 is 1.96 bits per heavy atom. The van der Waals surface area contributed by atoms with Gasteiger partial charge in [0, 0.05) is 49.8 Å². The molecule has 0 unspecified atom stereocenters. The van der Waals surface area contributed by atoms with Gasteiger partial charge in [-0.3, -0.25) is 0 Å². The van der Waals surface area contributed by atoms with Gasteiger partial charge in [-0.1, -0.05) is 18.2 Å². The number of carbonyl (C=O) groups excluding carboxylic acids is 1. The molecule has 1 amide bonds. The van der Waals surface area contributed by atoms with Gasteiger partial charge >= 0.3 is 6.09 Å². The lowest BCUT2D eigenvalue weighted by Crippen LogP contribution is -2.40. The third-order valence-corrected chi connectivity index (χ3v) is 4.39. The number of para-hydroxylation sites is 1. The summed E-state index contributed by atoms with van der Waals surface area (Å²) < 4.78 is 7.68. The van der Waals surface area contributed by atoms with Crippen molar-refractivity contribution in [1.82, 2.24) is 14.8 Å². The minimum Gasteiger partial charge on any atom is -0.444 e. The maximum Gasteiger partial charge on any atom is 0.410 e. The molecule has 1 aromatic heterocycles. The van der Waals surface area contributed by atoms with Crippen molar-refractivity contribution in [3.63, 3.8) is 0 Å². The maximum absolute atomic E-state index is 12.2. The second kappa shape index (κ2) is 7.91. The molecule has 0 saturated carbocycles. The Bertz CT molecular complexity index is 689. The summed E-state index contributed by atoms with van der Waals surface area (Å²) in [5, 5.41) is 4.75. The highest BCUT2D eigenvalue weighted by Gasteiger charge is 2.20. The number of nitrogens with zero attached hydrogens (tertiary/aromatic N) is 2. The lowest BCUT2D eigenvalue weighted by molar-refractivity contribution is 0.0262.